The Hall–Kier alpha value is -1.37. The molecule has 2 atom stereocenters. The van der Waals surface area contributed by atoms with E-state index >= 15 is 0 Å². The van der Waals surface area contributed by atoms with Crippen molar-refractivity contribution >= 4 is 17.6 Å². The number of urea groups is 1. The number of nitrogens with one attached hydrogen (secondary N) is 2. The molecule has 23 heavy (non-hydrogen) atoms. The monoisotopic (exact) mass is 346 g/mol. The highest BCUT2D eigenvalue weighted by molar-refractivity contribution is 6.31. The van der Waals surface area contributed by atoms with Gasteiger partial charge in [0.2, 0.25) is 0 Å². The number of hydrogen-bond donors (Lipinski definition) is 3. The van der Waals surface area contributed by atoms with E-state index in [1.54, 1.807) is 13.0 Å². The standard InChI is InChI=1S/C16H24ClFN2O3/c1-10(2)8-23-9-12(21)7-19-16(22)20-11(3)15-13(17)5-4-6-14(15)18/h4-6,10-12,21H,7-9H2,1-3H3,(H2,19,20,22). The summed E-state index contributed by atoms with van der Waals surface area (Å²) in [6, 6.07) is 3.23. The summed E-state index contributed by atoms with van der Waals surface area (Å²) in [5.74, 6) is -0.0998. The van der Waals surface area contributed by atoms with Gasteiger partial charge in [0.05, 0.1) is 18.8 Å². The molecule has 0 bridgehead atoms. The third-order valence-corrected chi connectivity index (χ3v) is 3.37. The van der Waals surface area contributed by atoms with Crippen LogP contribution >= 0.6 is 11.6 Å². The van der Waals surface area contributed by atoms with E-state index < -0.39 is 24.0 Å². The van der Waals surface area contributed by atoms with Crippen molar-refractivity contribution in [2.45, 2.75) is 32.9 Å². The van der Waals surface area contributed by atoms with Gasteiger partial charge in [-0.05, 0) is 25.0 Å². The lowest BCUT2D eigenvalue weighted by atomic mass is 10.1. The summed E-state index contributed by atoms with van der Waals surface area (Å²) in [7, 11) is 0. The molecule has 0 saturated heterocycles. The van der Waals surface area contributed by atoms with E-state index in [2.05, 4.69) is 10.6 Å². The largest absolute Gasteiger partial charge is 0.389 e. The summed E-state index contributed by atoms with van der Waals surface area (Å²) in [4.78, 5) is 11.8. The maximum Gasteiger partial charge on any atom is 0.315 e. The first-order valence-corrected chi connectivity index (χ1v) is 7.93. The number of aliphatic hydroxyl groups excluding tert-OH is 1. The molecule has 0 radical (unpaired) electrons. The predicted molar refractivity (Wildman–Crippen MR) is 88.0 cm³/mol. The Bertz CT molecular complexity index is 494. The third kappa shape index (κ3) is 7.16. The van der Waals surface area contributed by atoms with Gasteiger partial charge in [-0.2, -0.15) is 0 Å². The van der Waals surface area contributed by atoms with E-state index in [-0.39, 0.29) is 23.7 Å². The SMILES string of the molecule is CC(C)COCC(O)CNC(=O)NC(C)c1c(F)cccc1Cl. The quantitative estimate of drug-likeness (QED) is 0.678. The molecule has 1 aromatic rings. The predicted octanol–water partition coefficient (Wildman–Crippen LogP) is 2.87. The molecule has 7 heteroatoms. The Labute approximate surface area is 141 Å². The van der Waals surface area contributed by atoms with E-state index in [0.29, 0.717) is 12.5 Å². The van der Waals surface area contributed by atoms with Crippen molar-refractivity contribution in [3.63, 3.8) is 0 Å². The van der Waals surface area contributed by atoms with Crippen molar-refractivity contribution in [2.75, 3.05) is 19.8 Å². The van der Waals surface area contributed by atoms with Crippen molar-refractivity contribution in [2.24, 2.45) is 5.92 Å². The van der Waals surface area contributed by atoms with Crippen LogP contribution in [-0.2, 0) is 4.74 Å². The minimum atomic E-state index is -0.799. The normalized spacial score (nSPS) is 13.7. The van der Waals surface area contributed by atoms with Gasteiger partial charge in [0.25, 0.3) is 0 Å². The molecule has 0 fully saturated rings. The van der Waals surface area contributed by atoms with Gasteiger partial charge in [-0.25, -0.2) is 9.18 Å². The average molecular weight is 347 g/mol. The molecule has 3 N–H and O–H groups in total. The lowest BCUT2D eigenvalue weighted by Gasteiger charge is -2.18. The first kappa shape index (κ1) is 19.7. The van der Waals surface area contributed by atoms with Crippen LogP contribution in [-0.4, -0.2) is 37.0 Å². The maximum atomic E-state index is 13.8. The summed E-state index contributed by atoms with van der Waals surface area (Å²) in [5.41, 5.74) is 0.227. The molecule has 5 nitrogen and oxygen atoms in total. The van der Waals surface area contributed by atoms with Crippen LogP contribution in [0, 0.1) is 11.7 Å². The highest BCUT2D eigenvalue weighted by Gasteiger charge is 2.17. The molecule has 0 spiro atoms. The summed E-state index contributed by atoms with van der Waals surface area (Å²) in [6.07, 6.45) is -0.799. The smallest absolute Gasteiger partial charge is 0.315 e. The molecule has 0 heterocycles. The van der Waals surface area contributed by atoms with Crippen LogP contribution in [0.4, 0.5) is 9.18 Å². The molecule has 1 aromatic carbocycles. The molecule has 0 aliphatic heterocycles. The second-order valence-electron chi connectivity index (χ2n) is 5.80. The van der Waals surface area contributed by atoms with E-state index in [9.17, 15) is 14.3 Å². The summed E-state index contributed by atoms with van der Waals surface area (Å²) in [6.45, 7) is 6.38. The van der Waals surface area contributed by atoms with Gasteiger partial charge in [-0.3, -0.25) is 0 Å². The molecule has 0 aromatic heterocycles. The summed E-state index contributed by atoms with van der Waals surface area (Å²) >= 11 is 5.95. The molecule has 2 unspecified atom stereocenters. The van der Waals surface area contributed by atoms with Crippen molar-refractivity contribution < 1.29 is 19.0 Å². The fourth-order valence-corrected chi connectivity index (χ4v) is 2.28. The Balaban J connectivity index is 2.39. The van der Waals surface area contributed by atoms with Crippen LogP contribution in [0.25, 0.3) is 0 Å². The number of rotatable bonds is 8. The van der Waals surface area contributed by atoms with Crippen LogP contribution < -0.4 is 10.6 Å². The number of benzene rings is 1. The minimum absolute atomic E-state index is 0.0433. The number of aliphatic hydroxyl groups is 1. The molecular formula is C16H24ClFN2O3. The van der Waals surface area contributed by atoms with E-state index in [1.165, 1.54) is 12.1 Å². The highest BCUT2D eigenvalue weighted by atomic mass is 35.5. The average Bonchev–Trinajstić information content (AvgIpc) is 2.44. The third-order valence-electron chi connectivity index (χ3n) is 3.04. The van der Waals surface area contributed by atoms with Crippen LogP contribution in [0.15, 0.2) is 18.2 Å². The zero-order valence-electron chi connectivity index (χ0n) is 13.6. The van der Waals surface area contributed by atoms with Crippen molar-refractivity contribution in [3.8, 4) is 0 Å². The molecule has 130 valence electrons. The van der Waals surface area contributed by atoms with Crippen LogP contribution in [0.5, 0.6) is 0 Å². The molecule has 0 aliphatic carbocycles. The molecule has 1 rings (SSSR count). The Kier molecular flexibility index (Phi) is 8.30. The summed E-state index contributed by atoms with van der Waals surface area (Å²) < 4.78 is 19.0. The van der Waals surface area contributed by atoms with Gasteiger partial charge < -0.3 is 20.5 Å². The van der Waals surface area contributed by atoms with E-state index in [0.717, 1.165) is 0 Å². The minimum Gasteiger partial charge on any atom is -0.389 e. The van der Waals surface area contributed by atoms with Crippen molar-refractivity contribution in [3.05, 3.63) is 34.6 Å². The Morgan fingerprint density at radius 3 is 2.65 bits per heavy atom. The number of amides is 2. The molecule has 0 aliphatic rings. The van der Waals surface area contributed by atoms with E-state index in [4.69, 9.17) is 16.3 Å². The lowest BCUT2D eigenvalue weighted by molar-refractivity contribution is 0.0272. The van der Waals surface area contributed by atoms with Gasteiger partial charge in [0, 0.05) is 23.7 Å². The fraction of sp³-hybridized carbons (Fsp3) is 0.562. The van der Waals surface area contributed by atoms with Crippen LogP contribution in [0.1, 0.15) is 32.4 Å². The number of carbonyl (C=O) groups excluding carboxylic acids is 1. The lowest BCUT2D eigenvalue weighted by Crippen LogP contribution is -2.42. The van der Waals surface area contributed by atoms with E-state index in [1.807, 2.05) is 13.8 Å². The number of ether oxygens (including phenoxy) is 1. The molecular weight excluding hydrogens is 323 g/mol. The first-order chi connectivity index (χ1) is 10.8. The molecule has 0 saturated carbocycles. The number of carbonyl (C=O) groups is 1. The van der Waals surface area contributed by atoms with Crippen molar-refractivity contribution in [1.29, 1.82) is 0 Å². The van der Waals surface area contributed by atoms with Gasteiger partial charge in [0.15, 0.2) is 0 Å². The fourth-order valence-electron chi connectivity index (χ4n) is 1.95. The second-order valence-corrected chi connectivity index (χ2v) is 6.20. The topological polar surface area (TPSA) is 70.6 Å². The Morgan fingerprint density at radius 1 is 1.35 bits per heavy atom. The first-order valence-electron chi connectivity index (χ1n) is 7.55. The second kappa shape index (κ2) is 9.70. The van der Waals surface area contributed by atoms with Gasteiger partial charge in [-0.1, -0.05) is 31.5 Å². The highest BCUT2D eigenvalue weighted by Crippen LogP contribution is 2.25. The Morgan fingerprint density at radius 2 is 2.04 bits per heavy atom. The summed E-state index contributed by atoms with van der Waals surface area (Å²) in [5, 5.41) is 15.0. The van der Waals surface area contributed by atoms with Crippen LogP contribution in [0.3, 0.4) is 0 Å². The van der Waals surface area contributed by atoms with Gasteiger partial charge in [0.1, 0.15) is 5.82 Å². The zero-order valence-corrected chi connectivity index (χ0v) is 14.4. The van der Waals surface area contributed by atoms with Gasteiger partial charge >= 0.3 is 6.03 Å². The number of hydrogen-bond acceptors (Lipinski definition) is 3. The van der Waals surface area contributed by atoms with Gasteiger partial charge in [-0.15, -0.1) is 0 Å². The van der Waals surface area contributed by atoms with Crippen molar-refractivity contribution in [1.82, 2.24) is 10.6 Å². The maximum absolute atomic E-state index is 13.8. The number of halogens is 2. The molecule has 2 amide bonds. The zero-order chi connectivity index (χ0) is 17.4. The van der Waals surface area contributed by atoms with Crippen LogP contribution in [0.2, 0.25) is 5.02 Å².